The molecule has 0 bridgehead atoms. The molecule has 8 heteroatoms. The highest BCUT2D eigenvalue weighted by atomic mass is 35.5. The first-order valence-electron chi connectivity index (χ1n) is 8.71. The number of nitrogens with one attached hydrogen (secondary N) is 1. The van der Waals surface area contributed by atoms with Crippen LogP contribution in [0.25, 0.3) is 0 Å². The quantitative estimate of drug-likeness (QED) is 0.521. The fraction of sp³-hybridized carbons (Fsp3) is 0.250. The zero-order chi connectivity index (χ0) is 20.1. The van der Waals surface area contributed by atoms with Gasteiger partial charge in [-0.25, -0.2) is 0 Å². The first-order valence-corrected chi connectivity index (χ1v) is 10.1. The molecule has 0 atom stereocenters. The molecule has 0 aliphatic rings. The molecule has 0 fully saturated rings. The second kappa shape index (κ2) is 9.12. The summed E-state index contributed by atoms with van der Waals surface area (Å²) >= 11 is 7.71. The Bertz CT molecular complexity index is 975. The van der Waals surface area contributed by atoms with Crippen LogP contribution in [-0.4, -0.2) is 22.2 Å². The molecule has 1 aromatic heterocycles. The van der Waals surface area contributed by atoms with Gasteiger partial charge in [0.2, 0.25) is 5.89 Å². The Morgan fingerprint density at radius 3 is 2.75 bits per heavy atom. The molecule has 3 rings (SSSR count). The lowest BCUT2D eigenvalue weighted by Gasteiger charge is -2.13. The number of carbonyl (C=O) groups excluding carboxylic acids is 1. The summed E-state index contributed by atoms with van der Waals surface area (Å²) in [6, 6.07) is 12.5. The number of aryl methyl sites for hydroxylation is 1. The van der Waals surface area contributed by atoms with Gasteiger partial charge in [0.05, 0.1) is 22.4 Å². The summed E-state index contributed by atoms with van der Waals surface area (Å²) < 4.78 is 10.7. The normalized spacial score (nSPS) is 10.9. The number of benzene rings is 2. The van der Waals surface area contributed by atoms with Crippen molar-refractivity contribution in [1.82, 2.24) is 10.1 Å². The average molecular weight is 418 g/mol. The van der Waals surface area contributed by atoms with Crippen LogP contribution in [0, 0.1) is 6.92 Å². The Hall–Kier alpha value is -2.51. The number of aromatic nitrogens is 2. The van der Waals surface area contributed by atoms with E-state index in [9.17, 15) is 4.79 Å². The van der Waals surface area contributed by atoms with Crippen LogP contribution < -0.4 is 10.1 Å². The van der Waals surface area contributed by atoms with Gasteiger partial charge in [-0.15, -0.1) is 11.8 Å². The van der Waals surface area contributed by atoms with E-state index in [1.54, 1.807) is 31.2 Å². The Morgan fingerprint density at radius 1 is 1.29 bits per heavy atom. The second-order valence-electron chi connectivity index (χ2n) is 6.29. The molecule has 0 spiro atoms. The number of hydrogen-bond acceptors (Lipinski definition) is 6. The third-order valence-electron chi connectivity index (χ3n) is 3.60. The van der Waals surface area contributed by atoms with E-state index in [2.05, 4.69) is 15.5 Å². The minimum absolute atomic E-state index is 0.0180. The van der Waals surface area contributed by atoms with Gasteiger partial charge >= 0.3 is 0 Å². The van der Waals surface area contributed by atoms with Crippen LogP contribution in [0.3, 0.4) is 0 Å². The number of halogens is 1. The molecule has 0 radical (unpaired) electrons. The Balaban J connectivity index is 1.71. The summed E-state index contributed by atoms with van der Waals surface area (Å²) in [4.78, 5) is 17.8. The first kappa shape index (κ1) is 20.2. The third kappa shape index (κ3) is 5.27. The highest BCUT2D eigenvalue weighted by Crippen LogP contribution is 2.30. The standard InChI is InChI=1S/C20H20ClN3O3S/c1-12(2)26-17-9-8-14(10-16(17)21)23-20(25)15-6-4-5-7-18(15)28-11-19-22-13(3)24-27-19/h4-10,12H,11H2,1-3H3,(H,23,25). The van der Waals surface area contributed by atoms with E-state index in [-0.39, 0.29) is 12.0 Å². The van der Waals surface area contributed by atoms with Crippen LogP contribution in [0.2, 0.25) is 5.02 Å². The number of carbonyl (C=O) groups is 1. The molecule has 1 amide bonds. The molecule has 28 heavy (non-hydrogen) atoms. The SMILES string of the molecule is Cc1noc(CSc2ccccc2C(=O)Nc2ccc(OC(C)C)c(Cl)c2)n1. The maximum absolute atomic E-state index is 12.8. The zero-order valence-electron chi connectivity index (χ0n) is 15.7. The van der Waals surface area contributed by atoms with Gasteiger partial charge in [0, 0.05) is 10.6 Å². The number of amides is 1. The van der Waals surface area contributed by atoms with Crippen molar-refractivity contribution in [3.8, 4) is 5.75 Å². The van der Waals surface area contributed by atoms with Crippen LogP contribution in [0.4, 0.5) is 5.69 Å². The smallest absolute Gasteiger partial charge is 0.256 e. The summed E-state index contributed by atoms with van der Waals surface area (Å²) in [5, 5.41) is 7.10. The fourth-order valence-electron chi connectivity index (χ4n) is 2.44. The Morgan fingerprint density at radius 2 is 2.07 bits per heavy atom. The molecule has 0 aliphatic carbocycles. The number of rotatable bonds is 7. The van der Waals surface area contributed by atoms with Gasteiger partial charge in [-0.2, -0.15) is 4.98 Å². The molecule has 1 heterocycles. The maximum atomic E-state index is 12.8. The van der Waals surface area contributed by atoms with E-state index < -0.39 is 0 Å². The van der Waals surface area contributed by atoms with Gasteiger partial charge < -0.3 is 14.6 Å². The van der Waals surface area contributed by atoms with E-state index in [0.29, 0.717) is 39.5 Å². The maximum Gasteiger partial charge on any atom is 0.256 e. The van der Waals surface area contributed by atoms with E-state index in [0.717, 1.165) is 4.90 Å². The van der Waals surface area contributed by atoms with Crippen LogP contribution in [0.5, 0.6) is 5.75 Å². The van der Waals surface area contributed by atoms with Crippen molar-refractivity contribution in [2.45, 2.75) is 37.5 Å². The number of ether oxygens (including phenoxy) is 1. The second-order valence-corrected chi connectivity index (χ2v) is 7.71. The van der Waals surface area contributed by atoms with Crippen LogP contribution in [-0.2, 0) is 5.75 Å². The predicted molar refractivity (Wildman–Crippen MR) is 110 cm³/mol. The van der Waals surface area contributed by atoms with Crippen molar-refractivity contribution in [2.24, 2.45) is 0 Å². The topological polar surface area (TPSA) is 77.2 Å². The lowest BCUT2D eigenvalue weighted by molar-refractivity contribution is 0.102. The number of anilines is 1. The minimum Gasteiger partial charge on any atom is -0.489 e. The summed E-state index contributed by atoms with van der Waals surface area (Å²) in [5.74, 6) is 1.95. The zero-order valence-corrected chi connectivity index (χ0v) is 17.3. The third-order valence-corrected chi connectivity index (χ3v) is 4.96. The lowest BCUT2D eigenvalue weighted by atomic mass is 10.2. The van der Waals surface area contributed by atoms with Crippen LogP contribution in [0.15, 0.2) is 51.9 Å². The molecule has 0 aliphatic heterocycles. The van der Waals surface area contributed by atoms with Gasteiger partial charge in [0.25, 0.3) is 5.91 Å². The van der Waals surface area contributed by atoms with E-state index in [1.807, 2.05) is 32.0 Å². The average Bonchev–Trinajstić information content (AvgIpc) is 3.07. The fourth-order valence-corrected chi connectivity index (χ4v) is 3.56. The van der Waals surface area contributed by atoms with Gasteiger partial charge in [-0.1, -0.05) is 28.9 Å². The molecule has 0 unspecified atom stereocenters. The number of nitrogens with zero attached hydrogens (tertiary/aromatic N) is 2. The molecule has 146 valence electrons. The van der Waals surface area contributed by atoms with Crippen LogP contribution >= 0.6 is 23.4 Å². The molecule has 6 nitrogen and oxygen atoms in total. The predicted octanol–water partition coefficient (Wildman–Crippen LogP) is 5.36. The molecule has 2 aromatic carbocycles. The minimum atomic E-state index is -0.224. The highest BCUT2D eigenvalue weighted by molar-refractivity contribution is 7.98. The lowest BCUT2D eigenvalue weighted by Crippen LogP contribution is -2.13. The van der Waals surface area contributed by atoms with Crippen molar-refractivity contribution < 1.29 is 14.1 Å². The van der Waals surface area contributed by atoms with E-state index in [4.69, 9.17) is 20.9 Å². The molecule has 0 saturated carbocycles. The summed E-state index contributed by atoms with van der Waals surface area (Å²) in [7, 11) is 0. The monoisotopic (exact) mass is 417 g/mol. The van der Waals surface area contributed by atoms with Crippen molar-refractivity contribution in [1.29, 1.82) is 0 Å². The van der Waals surface area contributed by atoms with Gasteiger partial charge in [-0.3, -0.25) is 4.79 Å². The van der Waals surface area contributed by atoms with E-state index in [1.165, 1.54) is 11.8 Å². The largest absolute Gasteiger partial charge is 0.489 e. The Labute approximate surface area is 172 Å². The summed E-state index contributed by atoms with van der Waals surface area (Å²) in [5.41, 5.74) is 1.15. The van der Waals surface area contributed by atoms with Crippen LogP contribution in [0.1, 0.15) is 35.9 Å². The molecule has 3 aromatic rings. The molecule has 0 saturated heterocycles. The van der Waals surface area contributed by atoms with Gasteiger partial charge in [0.15, 0.2) is 5.82 Å². The number of hydrogen-bond donors (Lipinski definition) is 1. The van der Waals surface area contributed by atoms with E-state index >= 15 is 0 Å². The van der Waals surface area contributed by atoms with Gasteiger partial charge in [-0.05, 0) is 51.1 Å². The van der Waals surface area contributed by atoms with Crippen molar-refractivity contribution in [3.63, 3.8) is 0 Å². The molecule has 1 N–H and O–H groups in total. The highest BCUT2D eigenvalue weighted by Gasteiger charge is 2.14. The van der Waals surface area contributed by atoms with Gasteiger partial charge in [0.1, 0.15) is 5.75 Å². The van der Waals surface area contributed by atoms with Crippen molar-refractivity contribution >= 4 is 35.0 Å². The number of thioether (sulfide) groups is 1. The Kier molecular flexibility index (Phi) is 6.59. The van der Waals surface area contributed by atoms with Crippen molar-refractivity contribution in [3.05, 3.63) is 64.8 Å². The van der Waals surface area contributed by atoms with Crippen molar-refractivity contribution in [2.75, 3.05) is 5.32 Å². The summed E-state index contributed by atoms with van der Waals surface area (Å²) in [6.07, 6.45) is 0.0180. The molecular formula is C20H20ClN3O3S. The first-order chi connectivity index (χ1) is 13.4. The molecular weight excluding hydrogens is 398 g/mol. The summed E-state index contributed by atoms with van der Waals surface area (Å²) in [6.45, 7) is 5.62.